The lowest BCUT2D eigenvalue weighted by Gasteiger charge is -1.99. The number of hydrogen-bond donors (Lipinski definition) is 0. The highest BCUT2D eigenvalue weighted by molar-refractivity contribution is 5.50. The summed E-state index contributed by atoms with van der Waals surface area (Å²) in [7, 11) is 0. The Morgan fingerprint density at radius 2 is 1.83 bits per heavy atom. The zero-order chi connectivity index (χ0) is 9.14. The van der Waals surface area contributed by atoms with Gasteiger partial charge in [-0.15, -0.1) is 0 Å². The third kappa shape index (κ3) is 1.70. The largest absolute Gasteiger partial charge is 0.207 e. The molecule has 12 heavy (non-hydrogen) atoms. The summed E-state index contributed by atoms with van der Waals surface area (Å²) in [5.74, 6) is -0.753. The van der Waals surface area contributed by atoms with E-state index in [4.69, 9.17) is 0 Å². The van der Waals surface area contributed by atoms with Crippen LogP contribution >= 0.6 is 0 Å². The molecular formula is C10H10F2. The van der Waals surface area contributed by atoms with Crippen molar-refractivity contribution < 1.29 is 8.78 Å². The van der Waals surface area contributed by atoms with E-state index >= 15 is 0 Å². The zero-order valence-electron chi connectivity index (χ0n) is 7.07. The lowest BCUT2D eigenvalue weighted by molar-refractivity contribution is 0.590. The molecule has 0 saturated heterocycles. The van der Waals surface area contributed by atoms with Crippen molar-refractivity contribution in [2.45, 2.75) is 13.8 Å². The number of aryl methyl sites for hydroxylation is 1. The van der Waals surface area contributed by atoms with Gasteiger partial charge in [-0.3, -0.25) is 0 Å². The summed E-state index contributed by atoms with van der Waals surface area (Å²) in [6, 6.07) is 2.40. The van der Waals surface area contributed by atoms with Gasteiger partial charge in [-0.05, 0) is 31.5 Å². The Morgan fingerprint density at radius 3 is 2.42 bits per heavy atom. The summed E-state index contributed by atoms with van der Waals surface area (Å²) in [5, 5.41) is 0. The number of allylic oxidation sites excluding steroid dienone is 1. The second-order valence-corrected chi connectivity index (χ2v) is 2.62. The molecule has 0 atom stereocenters. The first-order valence-electron chi connectivity index (χ1n) is 3.73. The number of hydrogen-bond acceptors (Lipinski definition) is 0. The van der Waals surface area contributed by atoms with E-state index in [2.05, 4.69) is 0 Å². The molecular weight excluding hydrogens is 158 g/mol. The average Bonchev–Trinajstić information content (AvgIpc) is 2.01. The van der Waals surface area contributed by atoms with Gasteiger partial charge in [-0.1, -0.05) is 12.2 Å². The Kier molecular flexibility index (Phi) is 2.58. The van der Waals surface area contributed by atoms with Crippen LogP contribution in [0.1, 0.15) is 18.1 Å². The third-order valence-electron chi connectivity index (χ3n) is 1.62. The predicted octanol–water partition coefficient (Wildman–Crippen LogP) is 3.31. The van der Waals surface area contributed by atoms with Crippen LogP contribution in [0.4, 0.5) is 8.78 Å². The van der Waals surface area contributed by atoms with Gasteiger partial charge in [0.2, 0.25) is 0 Å². The Hall–Kier alpha value is -1.18. The Bertz CT molecular complexity index is 314. The molecule has 1 aromatic rings. The minimum Gasteiger partial charge on any atom is -0.207 e. The molecule has 0 aliphatic heterocycles. The summed E-state index contributed by atoms with van der Waals surface area (Å²) in [5.41, 5.74) is 0.626. The topological polar surface area (TPSA) is 0 Å². The molecule has 2 heteroatoms. The summed E-state index contributed by atoms with van der Waals surface area (Å²) in [6.07, 6.45) is 3.21. The molecule has 0 saturated carbocycles. The fraction of sp³-hybridized carbons (Fsp3) is 0.200. The molecule has 0 bridgehead atoms. The molecule has 0 unspecified atom stereocenters. The van der Waals surface area contributed by atoms with Gasteiger partial charge < -0.3 is 0 Å². The summed E-state index contributed by atoms with van der Waals surface area (Å²) < 4.78 is 25.9. The molecule has 0 aromatic heterocycles. The second-order valence-electron chi connectivity index (χ2n) is 2.62. The standard InChI is InChI=1S/C10H10F2/c1-3-4-8-6-9(11)7(2)5-10(8)12/h3-6H,1-2H3. The Morgan fingerprint density at radius 1 is 1.17 bits per heavy atom. The normalized spacial score (nSPS) is 11.0. The van der Waals surface area contributed by atoms with Crippen molar-refractivity contribution in [1.29, 1.82) is 0 Å². The molecule has 0 amide bonds. The zero-order valence-corrected chi connectivity index (χ0v) is 7.07. The van der Waals surface area contributed by atoms with E-state index in [-0.39, 0.29) is 11.6 Å². The van der Waals surface area contributed by atoms with E-state index in [1.165, 1.54) is 25.1 Å². The van der Waals surface area contributed by atoms with E-state index in [0.29, 0.717) is 11.1 Å². The van der Waals surface area contributed by atoms with Crippen LogP contribution in [0.5, 0.6) is 0 Å². The number of rotatable bonds is 1. The van der Waals surface area contributed by atoms with Crippen molar-refractivity contribution in [1.82, 2.24) is 0 Å². The number of benzene rings is 1. The average molecular weight is 168 g/mol. The van der Waals surface area contributed by atoms with Crippen LogP contribution < -0.4 is 0 Å². The molecule has 0 spiro atoms. The minimum absolute atomic E-state index is 0.292. The fourth-order valence-corrected chi connectivity index (χ4v) is 0.969. The van der Waals surface area contributed by atoms with E-state index < -0.39 is 0 Å². The highest BCUT2D eigenvalue weighted by Crippen LogP contribution is 2.15. The molecule has 1 rings (SSSR count). The molecule has 0 aliphatic rings. The second kappa shape index (κ2) is 3.48. The first-order valence-corrected chi connectivity index (χ1v) is 3.73. The summed E-state index contributed by atoms with van der Waals surface area (Å²) in [4.78, 5) is 0. The summed E-state index contributed by atoms with van der Waals surface area (Å²) in [6.45, 7) is 3.30. The van der Waals surface area contributed by atoms with Crippen molar-refractivity contribution in [3.05, 3.63) is 41.0 Å². The smallest absolute Gasteiger partial charge is 0.130 e. The van der Waals surface area contributed by atoms with Crippen molar-refractivity contribution in [2.75, 3.05) is 0 Å². The number of halogens is 2. The van der Waals surface area contributed by atoms with Crippen molar-refractivity contribution >= 4 is 6.08 Å². The van der Waals surface area contributed by atoms with E-state index in [1.54, 1.807) is 13.0 Å². The van der Waals surface area contributed by atoms with Gasteiger partial charge in [0.05, 0.1) is 0 Å². The van der Waals surface area contributed by atoms with Crippen molar-refractivity contribution in [3.8, 4) is 0 Å². The highest BCUT2D eigenvalue weighted by atomic mass is 19.1. The monoisotopic (exact) mass is 168 g/mol. The molecule has 0 aliphatic carbocycles. The van der Waals surface area contributed by atoms with Crippen LogP contribution in [0.25, 0.3) is 6.08 Å². The molecule has 64 valence electrons. The van der Waals surface area contributed by atoms with Crippen molar-refractivity contribution in [2.24, 2.45) is 0 Å². The lowest BCUT2D eigenvalue weighted by atomic mass is 10.1. The first kappa shape index (κ1) is 8.91. The fourth-order valence-electron chi connectivity index (χ4n) is 0.969. The molecule has 0 heterocycles. The highest BCUT2D eigenvalue weighted by Gasteiger charge is 2.03. The first-order chi connectivity index (χ1) is 5.65. The van der Waals surface area contributed by atoms with Gasteiger partial charge in [-0.25, -0.2) is 8.78 Å². The Balaban J connectivity index is 3.23. The van der Waals surface area contributed by atoms with Gasteiger partial charge in [0.1, 0.15) is 11.6 Å². The van der Waals surface area contributed by atoms with Crippen LogP contribution in [-0.2, 0) is 0 Å². The van der Waals surface area contributed by atoms with Gasteiger partial charge in [0.25, 0.3) is 0 Å². The van der Waals surface area contributed by atoms with Crippen LogP contribution in [0.2, 0.25) is 0 Å². The molecule has 0 nitrogen and oxygen atoms in total. The SMILES string of the molecule is CC=Cc1cc(F)c(C)cc1F. The Labute approximate surface area is 70.5 Å². The third-order valence-corrected chi connectivity index (χ3v) is 1.62. The molecule has 0 fully saturated rings. The van der Waals surface area contributed by atoms with Crippen LogP contribution in [-0.4, -0.2) is 0 Å². The van der Waals surface area contributed by atoms with Crippen molar-refractivity contribution in [3.63, 3.8) is 0 Å². The van der Waals surface area contributed by atoms with E-state index in [0.717, 1.165) is 0 Å². The lowest BCUT2D eigenvalue weighted by Crippen LogP contribution is -1.88. The van der Waals surface area contributed by atoms with Crippen LogP contribution in [0, 0.1) is 18.6 Å². The van der Waals surface area contributed by atoms with E-state index in [9.17, 15) is 8.78 Å². The minimum atomic E-state index is -0.382. The maximum atomic E-state index is 13.0. The van der Waals surface area contributed by atoms with Gasteiger partial charge in [0, 0.05) is 5.56 Å². The molecule has 0 N–H and O–H groups in total. The maximum Gasteiger partial charge on any atom is 0.130 e. The van der Waals surface area contributed by atoms with Crippen LogP contribution in [0.3, 0.4) is 0 Å². The quantitative estimate of drug-likeness (QED) is 0.603. The molecule has 0 radical (unpaired) electrons. The predicted molar refractivity (Wildman–Crippen MR) is 45.8 cm³/mol. The maximum absolute atomic E-state index is 13.0. The van der Waals surface area contributed by atoms with Gasteiger partial charge in [-0.2, -0.15) is 0 Å². The summed E-state index contributed by atoms with van der Waals surface area (Å²) >= 11 is 0. The van der Waals surface area contributed by atoms with Crippen LogP contribution in [0.15, 0.2) is 18.2 Å². The van der Waals surface area contributed by atoms with E-state index in [1.807, 2.05) is 0 Å². The van der Waals surface area contributed by atoms with Gasteiger partial charge >= 0.3 is 0 Å². The van der Waals surface area contributed by atoms with Gasteiger partial charge in [0.15, 0.2) is 0 Å². The molecule has 1 aromatic carbocycles.